The van der Waals surface area contributed by atoms with Crippen molar-refractivity contribution >= 4 is 15.9 Å². The first-order valence-electron chi connectivity index (χ1n) is 5.76. The second-order valence-electron chi connectivity index (χ2n) is 4.44. The van der Waals surface area contributed by atoms with Crippen molar-refractivity contribution in [2.24, 2.45) is 0 Å². The van der Waals surface area contributed by atoms with Crippen LogP contribution in [0.25, 0.3) is 0 Å². The number of benzene rings is 2. The Morgan fingerprint density at radius 2 is 1.53 bits per heavy atom. The first-order valence-corrected chi connectivity index (χ1v) is 6.68. The van der Waals surface area contributed by atoms with Gasteiger partial charge in [-0.15, -0.1) is 0 Å². The summed E-state index contributed by atoms with van der Waals surface area (Å²) < 4.78 is 40.0. The smallest absolute Gasteiger partial charge is 0.161 e. The fourth-order valence-corrected chi connectivity index (χ4v) is 2.79. The van der Waals surface area contributed by atoms with Gasteiger partial charge in [0.1, 0.15) is 5.82 Å². The summed E-state index contributed by atoms with van der Waals surface area (Å²) in [5, 5.41) is 0. The Labute approximate surface area is 118 Å². The molecule has 0 saturated carbocycles. The Balaban J connectivity index is 2.53. The summed E-state index contributed by atoms with van der Waals surface area (Å²) >= 11 is 3.36. The largest absolute Gasteiger partial charge is 0.207 e. The van der Waals surface area contributed by atoms with E-state index in [4.69, 9.17) is 0 Å². The van der Waals surface area contributed by atoms with Crippen molar-refractivity contribution in [1.82, 2.24) is 0 Å². The van der Waals surface area contributed by atoms with Gasteiger partial charge >= 0.3 is 0 Å². The Bertz CT molecular complexity index is 623. The standard InChI is InChI=1S/C15H12BrF3/c1-8-4-3-5-10(9(8)2)15(16)11-6-13(18)14(19)7-12(11)17/h3-7,15H,1-2H3. The van der Waals surface area contributed by atoms with Gasteiger partial charge in [0.2, 0.25) is 0 Å². The molecule has 0 aliphatic heterocycles. The zero-order chi connectivity index (χ0) is 14.2. The topological polar surface area (TPSA) is 0 Å². The molecule has 2 rings (SSSR count). The molecule has 1 unspecified atom stereocenters. The third-order valence-electron chi connectivity index (χ3n) is 3.23. The fraction of sp³-hybridized carbons (Fsp3) is 0.200. The Morgan fingerprint density at radius 3 is 2.21 bits per heavy atom. The molecule has 0 saturated heterocycles. The van der Waals surface area contributed by atoms with Gasteiger partial charge in [-0.25, -0.2) is 13.2 Å². The van der Waals surface area contributed by atoms with Gasteiger partial charge in [-0.1, -0.05) is 34.1 Å². The van der Waals surface area contributed by atoms with Crippen LogP contribution in [0.5, 0.6) is 0 Å². The highest BCUT2D eigenvalue weighted by molar-refractivity contribution is 9.09. The number of aryl methyl sites for hydroxylation is 1. The van der Waals surface area contributed by atoms with Gasteiger partial charge in [-0.05, 0) is 36.6 Å². The average Bonchev–Trinajstić information content (AvgIpc) is 2.36. The monoisotopic (exact) mass is 328 g/mol. The van der Waals surface area contributed by atoms with Gasteiger partial charge in [0.15, 0.2) is 11.6 Å². The molecular weight excluding hydrogens is 317 g/mol. The van der Waals surface area contributed by atoms with E-state index in [2.05, 4.69) is 15.9 Å². The van der Waals surface area contributed by atoms with Crippen molar-refractivity contribution in [1.29, 1.82) is 0 Å². The lowest BCUT2D eigenvalue weighted by Gasteiger charge is -2.16. The van der Waals surface area contributed by atoms with E-state index in [0.29, 0.717) is 6.07 Å². The van der Waals surface area contributed by atoms with Crippen LogP contribution < -0.4 is 0 Å². The van der Waals surface area contributed by atoms with Crippen LogP contribution in [-0.2, 0) is 0 Å². The maximum absolute atomic E-state index is 13.8. The summed E-state index contributed by atoms with van der Waals surface area (Å²) in [4.78, 5) is -0.512. The van der Waals surface area contributed by atoms with Crippen LogP contribution in [0.4, 0.5) is 13.2 Å². The van der Waals surface area contributed by atoms with E-state index in [1.165, 1.54) is 0 Å². The second-order valence-corrected chi connectivity index (χ2v) is 5.36. The summed E-state index contributed by atoms with van der Waals surface area (Å²) in [5.74, 6) is -2.99. The first kappa shape index (κ1) is 14.1. The highest BCUT2D eigenvalue weighted by atomic mass is 79.9. The minimum absolute atomic E-state index is 0.0904. The van der Waals surface area contributed by atoms with Crippen molar-refractivity contribution in [3.05, 3.63) is 70.0 Å². The second kappa shape index (κ2) is 5.37. The highest BCUT2D eigenvalue weighted by Gasteiger charge is 2.19. The number of hydrogen-bond donors (Lipinski definition) is 0. The van der Waals surface area contributed by atoms with Crippen LogP contribution >= 0.6 is 15.9 Å². The summed E-state index contributed by atoms with van der Waals surface area (Å²) in [6, 6.07) is 7.10. The normalized spacial score (nSPS) is 12.5. The fourth-order valence-electron chi connectivity index (χ4n) is 1.95. The lowest BCUT2D eigenvalue weighted by atomic mass is 9.97. The Kier molecular flexibility index (Phi) is 3.99. The van der Waals surface area contributed by atoms with Gasteiger partial charge in [0.05, 0.1) is 4.83 Å². The van der Waals surface area contributed by atoms with E-state index in [1.54, 1.807) is 0 Å². The molecular formula is C15H12BrF3. The summed E-state index contributed by atoms with van der Waals surface area (Å²) in [5.41, 5.74) is 2.98. The van der Waals surface area contributed by atoms with Crippen LogP contribution in [0.15, 0.2) is 30.3 Å². The van der Waals surface area contributed by atoms with Crippen molar-refractivity contribution in [3.63, 3.8) is 0 Å². The predicted molar refractivity (Wildman–Crippen MR) is 73.0 cm³/mol. The van der Waals surface area contributed by atoms with Gasteiger partial charge < -0.3 is 0 Å². The minimum Gasteiger partial charge on any atom is -0.207 e. The molecule has 0 amide bonds. The summed E-state index contributed by atoms with van der Waals surface area (Å²) in [6.07, 6.45) is 0. The molecule has 19 heavy (non-hydrogen) atoms. The first-order chi connectivity index (χ1) is 8.91. The predicted octanol–water partition coefficient (Wildman–Crippen LogP) is 5.21. The van der Waals surface area contributed by atoms with E-state index in [1.807, 2.05) is 32.0 Å². The molecule has 0 aromatic heterocycles. The molecule has 1 atom stereocenters. The van der Waals surface area contributed by atoms with Crippen molar-refractivity contribution in [2.75, 3.05) is 0 Å². The molecule has 0 spiro atoms. The van der Waals surface area contributed by atoms with Crippen LogP contribution in [0.2, 0.25) is 0 Å². The molecule has 0 bridgehead atoms. The molecule has 0 aliphatic rings. The molecule has 0 nitrogen and oxygen atoms in total. The summed E-state index contributed by atoms with van der Waals surface area (Å²) in [6.45, 7) is 3.86. The van der Waals surface area contributed by atoms with Gasteiger partial charge in [-0.3, -0.25) is 0 Å². The minimum atomic E-state index is -1.18. The zero-order valence-electron chi connectivity index (χ0n) is 10.5. The number of halogens is 4. The van der Waals surface area contributed by atoms with E-state index < -0.39 is 22.3 Å². The third kappa shape index (κ3) is 2.68. The van der Waals surface area contributed by atoms with Crippen LogP contribution in [-0.4, -0.2) is 0 Å². The average molecular weight is 329 g/mol. The quantitative estimate of drug-likeness (QED) is 0.524. The highest BCUT2D eigenvalue weighted by Crippen LogP contribution is 2.35. The Morgan fingerprint density at radius 1 is 0.895 bits per heavy atom. The molecule has 0 heterocycles. The molecule has 4 heteroatoms. The molecule has 2 aromatic carbocycles. The van der Waals surface area contributed by atoms with Crippen LogP contribution in [0.1, 0.15) is 27.1 Å². The van der Waals surface area contributed by atoms with Crippen LogP contribution in [0, 0.1) is 31.3 Å². The maximum Gasteiger partial charge on any atom is 0.161 e. The lowest BCUT2D eigenvalue weighted by molar-refractivity contribution is 0.491. The van der Waals surface area contributed by atoms with E-state index in [9.17, 15) is 13.2 Å². The molecule has 0 N–H and O–H groups in total. The van der Waals surface area contributed by atoms with Crippen molar-refractivity contribution in [2.45, 2.75) is 18.7 Å². The number of hydrogen-bond acceptors (Lipinski definition) is 0. The van der Waals surface area contributed by atoms with E-state index in [-0.39, 0.29) is 5.56 Å². The lowest BCUT2D eigenvalue weighted by Crippen LogP contribution is -2.02. The molecule has 2 aromatic rings. The van der Waals surface area contributed by atoms with Gasteiger partial charge in [0, 0.05) is 11.6 Å². The van der Waals surface area contributed by atoms with Gasteiger partial charge in [0.25, 0.3) is 0 Å². The van der Waals surface area contributed by atoms with Gasteiger partial charge in [-0.2, -0.15) is 0 Å². The number of rotatable bonds is 2. The molecule has 0 aliphatic carbocycles. The maximum atomic E-state index is 13.8. The number of alkyl halides is 1. The SMILES string of the molecule is Cc1cccc(C(Br)c2cc(F)c(F)cc2F)c1C. The summed E-state index contributed by atoms with van der Waals surface area (Å²) in [7, 11) is 0. The van der Waals surface area contributed by atoms with Crippen LogP contribution in [0.3, 0.4) is 0 Å². The van der Waals surface area contributed by atoms with Crippen molar-refractivity contribution in [3.8, 4) is 0 Å². The molecule has 0 radical (unpaired) electrons. The Hall–Kier alpha value is -1.29. The molecule has 100 valence electrons. The zero-order valence-corrected chi connectivity index (χ0v) is 12.1. The van der Waals surface area contributed by atoms with Crippen molar-refractivity contribution < 1.29 is 13.2 Å². The van der Waals surface area contributed by atoms with E-state index >= 15 is 0 Å². The van der Waals surface area contributed by atoms with E-state index in [0.717, 1.165) is 22.8 Å². The molecule has 0 fully saturated rings. The third-order valence-corrected chi connectivity index (χ3v) is 4.22.